The van der Waals surface area contributed by atoms with E-state index >= 15 is 0 Å². The zero-order valence-corrected chi connectivity index (χ0v) is 10.8. The van der Waals surface area contributed by atoms with E-state index in [0.717, 1.165) is 10.4 Å². The van der Waals surface area contributed by atoms with Gasteiger partial charge >= 0.3 is 0 Å². The molecule has 4 heteroatoms. The van der Waals surface area contributed by atoms with E-state index in [9.17, 15) is 4.79 Å². The number of thiophene rings is 1. The Labute approximate surface area is 100 Å². The second-order valence-electron chi connectivity index (χ2n) is 4.36. The second kappa shape index (κ2) is 6.01. The summed E-state index contributed by atoms with van der Waals surface area (Å²) in [4.78, 5) is 12.7. The average molecular weight is 241 g/mol. The first kappa shape index (κ1) is 13.2. The van der Waals surface area contributed by atoms with Gasteiger partial charge in [0.1, 0.15) is 0 Å². The molecular weight excluding hydrogens is 222 g/mol. The Kier molecular flexibility index (Phi) is 4.96. The van der Waals surface area contributed by atoms with Crippen molar-refractivity contribution in [3.63, 3.8) is 0 Å². The van der Waals surface area contributed by atoms with Crippen LogP contribution in [0.25, 0.3) is 0 Å². The van der Waals surface area contributed by atoms with E-state index in [0.29, 0.717) is 12.5 Å². The van der Waals surface area contributed by atoms with Crippen LogP contribution < -0.4 is 5.32 Å². The fourth-order valence-corrected chi connectivity index (χ4v) is 2.34. The zero-order valence-electron chi connectivity index (χ0n) is 9.99. The monoisotopic (exact) mass is 241 g/mol. The van der Waals surface area contributed by atoms with E-state index in [-0.39, 0.29) is 18.4 Å². The van der Waals surface area contributed by atoms with Gasteiger partial charge in [-0.15, -0.1) is 11.3 Å². The summed E-state index contributed by atoms with van der Waals surface area (Å²) in [5.41, 5.74) is 1.10. The standard InChI is InChI=1S/C12H19NO2S/c1-8(2)10-4-5-16-11(10)12(15)13-6-9(3)7-14/h4-5,8-9,14H,6-7H2,1-3H3,(H,13,15). The fraction of sp³-hybridized carbons (Fsp3) is 0.583. The van der Waals surface area contributed by atoms with Gasteiger partial charge < -0.3 is 10.4 Å². The Morgan fingerprint density at radius 2 is 2.19 bits per heavy atom. The van der Waals surface area contributed by atoms with E-state index < -0.39 is 0 Å². The van der Waals surface area contributed by atoms with Crippen molar-refractivity contribution in [1.82, 2.24) is 5.32 Å². The largest absolute Gasteiger partial charge is 0.396 e. The van der Waals surface area contributed by atoms with Gasteiger partial charge in [0.05, 0.1) is 4.88 Å². The van der Waals surface area contributed by atoms with E-state index in [1.165, 1.54) is 11.3 Å². The number of amides is 1. The lowest BCUT2D eigenvalue weighted by molar-refractivity contribution is 0.0945. The van der Waals surface area contributed by atoms with Crippen molar-refractivity contribution < 1.29 is 9.90 Å². The Morgan fingerprint density at radius 3 is 2.75 bits per heavy atom. The summed E-state index contributed by atoms with van der Waals surface area (Å²) in [7, 11) is 0. The third-order valence-corrected chi connectivity index (χ3v) is 3.38. The normalized spacial score (nSPS) is 12.8. The van der Waals surface area contributed by atoms with Crippen molar-refractivity contribution in [2.75, 3.05) is 13.2 Å². The zero-order chi connectivity index (χ0) is 12.1. The van der Waals surface area contributed by atoms with Gasteiger partial charge in [-0.05, 0) is 28.8 Å². The third-order valence-electron chi connectivity index (χ3n) is 2.45. The predicted octanol–water partition coefficient (Wildman–Crippen LogP) is 2.23. The fourth-order valence-electron chi connectivity index (χ4n) is 1.37. The Balaban J connectivity index is 2.62. The molecule has 0 radical (unpaired) electrons. The number of aliphatic hydroxyl groups is 1. The van der Waals surface area contributed by atoms with Gasteiger partial charge in [0, 0.05) is 13.2 Å². The summed E-state index contributed by atoms with van der Waals surface area (Å²) in [6.07, 6.45) is 0. The van der Waals surface area contributed by atoms with Gasteiger partial charge in [0.15, 0.2) is 0 Å². The summed E-state index contributed by atoms with van der Waals surface area (Å²) >= 11 is 1.47. The highest BCUT2D eigenvalue weighted by molar-refractivity contribution is 7.12. The molecule has 16 heavy (non-hydrogen) atoms. The van der Waals surface area contributed by atoms with Crippen LogP contribution in [0, 0.1) is 5.92 Å². The van der Waals surface area contributed by atoms with Crippen molar-refractivity contribution in [3.05, 3.63) is 21.9 Å². The van der Waals surface area contributed by atoms with Crippen LogP contribution in [0.15, 0.2) is 11.4 Å². The first-order valence-electron chi connectivity index (χ1n) is 5.52. The Morgan fingerprint density at radius 1 is 1.50 bits per heavy atom. The summed E-state index contributed by atoms with van der Waals surface area (Å²) in [5.74, 6) is 0.438. The lowest BCUT2D eigenvalue weighted by atomic mass is 10.0. The van der Waals surface area contributed by atoms with Gasteiger partial charge in [0.25, 0.3) is 5.91 Å². The molecule has 1 aromatic heterocycles. The average Bonchev–Trinajstić information content (AvgIpc) is 2.74. The molecule has 1 rings (SSSR count). The second-order valence-corrected chi connectivity index (χ2v) is 5.27. The van der Waals surface area contributed by atoms with Crippen molar-refractivity contribution in [2.45, 2.75) is 26.7 Å². The molecule has 1 aromatic rings. The minimum Gasteiger partial charge on any atom is -0.396 e. The van der Waals surface area contributed by atoms with Gasteiger partial charge in [0.2, 0.25) is 0 Å². The maximum Gasteiger partial charge on any atom is 0.261 e. The number of hydrogen-bond donors (Lipinski definition) is 2. The molecule has 0 aliphatic heterocycles. The number of rotatable bonds is 5. The molecule has 3 nitrogen and oxygen atoms in total. The molecule has 1 amide bonds. The van der Waals surface area contributed by atoms with Crippen LogP contribution in [0.3, 0.4) is 0 Å². The van der Waals surface area contributed by atoms with Crippen molar-refractivity contribution in [2.24, 2.45) is 5.92 Å². The van der Waals surface area contributed by atoms with E-state index in [4.69, 9.17) is 5.11 Å². The van der Waals surface area contributed by atoms with E-state index in [1.54, 1.807) is 0 Å². The number of carbonyl (C=O) groups excluding carboxylic acids is 1. The number of carbonyl (C=O) groups is 1. The Hall–Kier alpha value is -0.870. The highest BCUT2D eigenvalue weighted by atomic mass is 32.1. The van der Waals surface area contributed by atoms with Crippen LogP contribution in [0.4, 0.5) is 0 Å². The summed E-state index contributed by atoms with van der Waals surface area (Å²) < 4.78 is 0. The maximum atomic E-state index is 11.9. The predicted molar refractivity (Wildman–Crippen MR) is 67.0 cm³/mol. The van der Waals surface area contributed by atoms with Crippen molar-refractivity contribution >= 4 is 17.2 Å². The number of nitrogens with one attached hydrogen (secondary N) is 1. The minimum atomic E-state index is -0.0287. The SMILES string of the molecule is CC(CO)CNC(=O)c1sccc1C(C)C. The molecule has 0 bridgehead atoms. The van der Waals surface area contributed by atoms with Crippen LogP contribution in [0.2, 0.25) is 0 Å². The highest BCUT2D eigenvalue weighted by Gasteiger charge is 2.15. The Bertz CT molecular complexity index is 347. The maximum absolute atomic E-state index is 11.9. The molecule has 90 valence electrons. The van der Waals surface area contributed by atoms with E-state index in [1.807, 2.05) is 18.4 Å². The van der Waals surface area contributed by atoms with Crippen molar-refractivity contribution in [1.29, 1.82) is 0 Å². The molecule has 1 heterocycles. The first-order valence-corrected chi connectivity index (χ1v) is 6.40. The van der Waals surface area contributed by atoms with Gasteiger partial charge in [-0.2, -0.15) is 0 Å². The lowest BCUT2D eigenvalue weighted by Gasteiger charge is -2.11. The molecule has 0 spiro atoms. The van der Waals surface area contributed by atoms with Gasteiger partial charge in [-0.3, -0.25) is 4.79 Å². The minimum absolute atomic E-state index is 0.0287. The molecule has 0 aliphatic rings. The van der Waals surface area contributed by atoms with Crippen LogP contribution in [-0.2, 0) is 0 Å². The first-order chi connectivity index (χ1) is 7.56. The molecule has 0 saturated carbocycles. The molecule has 0 fully saturated rings. The molecule has 2 N–H and O–H groups in total. The third kappa shape index (κ3) is 3.32. The van der Waals surface area contributed by atoms with Crippen LogP contribution >= 0.6 is 11.3 Å². The van der Waals surface area contributed by atoms with Gasteiger partial charge in [-0.25, -0.2) is 0 Å². The summed E-state index contributed by atoms with van der Waals surface area (Å²) in [6.45, 7) is 6.68. The smallest absolute Gasteiger partial charge is 0.261 e. The quantitative estimate of drug-likeness (QED) is 0.830. The molecule has 0 aliphatic carbocycles. The topological polar surface area (TPSA) is 49.3 Å². The lowest BCUT2D eigenvalue weighted by Crippen LogP contribution is -2.29. The molecule has 1 unspecified atom stereocenters. The van der Waals surface area contributed by atoms with Gasteiger partial charge in [-0.1, -0.05) is 20.8 Å². The van der Waals surface area contributed by atoms with Crippen LogP contribution in [-0.4, -0.2) is 24.2 Å². The molecular formula is C12H19NO2S. The van der Waals surface area contributed by atoms with Crippen LogP contribution in [0.1, 0.15) is 41.9 Å². The van der Waals surface area contributed by atoms with E-state index in [2.05, 4.69) is 19.2 Å². The molecule has 1 atom stereocenters. The number of hydrogen-bond acceptors (Lipinski definition) is 3. The van der Waals surface area contributed by atoms with Crippen LogP contribution in [0.5, 0.6) is 0 Å². The van der Waals surface area contributed by atoms with Crippen molar-refractivity contribution in [3.8, 4) is 0 Å². The highest BCUT2D eigenvalue weighted by Crippen LogP contribution is 2.24. The molecule has 0 aromatic carbocycles. The summed E-state index contributed by atoms with van der Waals surface area (Å²) in [5, 5.41) is 13.7. The number of aliphatic hydroxyl groups excluding tert-OH is 1. The summed E-state index contributed by atoms with van der Waals surface area (Å²) in [6, 6.07) is 2.00. The molecule has 0 saturated heterocycles.